The topological polar surface area (TPSA) is 103 Å². The Hall–Kier alpha value is -2.98. The molecular weight excluding hydrogens is 389 g/mol. The molecular formula is C19H19F3N4O3. The maximum atomic E-state index is 10.6. The van der Waals surface area contributed by atoms with Crippen LogP contribution >= 0.6 is 0 Å². The molecule has 10 heteroatoms. The maximum Gasteiger partial charge on any atom is 0.490 e. The van der Waals surface area contributed by atoms with E-state index in [2.05, 4.69) is 47.5 Å². The average Bonchev–Trinajstić information content (AvgIpc) is 3.03. The molecule has 0 saturated carbocycles. The first-order chi connectivity index (χ1) is 13.7. The van der Waals surface area contributed by atoms with Crippen molar-refractivity contribution in [3.05, 3.63) is 53.5 Å². The number of carboxylic acid groups (broad SMARTS) is 1. The fourth-order valence-corrected chi connectivity index (χ4v) is 2.90. The van der Waals surface area contributed by atoms with Gasteiger partial charge in [0, 0.05) is 24.2 Å². The van der Waals surface area contributed by atoms with E-state index in [4.69, 9.17) is 20.4 Å². The minimum atomic E-state index is -5.08. The lowest BCUT2D eigenvalue weighted by atomic mass is 10.00. The Morgan fingerprint density at radius 1 is 1.34 bits per heavy atom. The highest BCUT2D eigenvalue weighted by molar-refractivity contribution is 5.77. The molecule has 7 nitrogen and oxygen atoms in total. The number of halogens is 3. The average molecular weight is 408 g/mol. The third kappa shape index (κ3) is 4.54. The fourth-order valence-electron chi connectivity index (χ4n) is 2.90. The number of alkyl halides is 3. The Bertz CT molecular complexity index is 1030. The van der Waals surface area contributed by atoms with Gasteiger partial charge in [0.2, 0.25) is 0 Å². The lowest BCUT2D eigenvalue weighted by Gasteiger charge is -2.24. The summed E-state index contributed by atoms with van der Waals surface area (Å²) in [6.07, 6.45) is -1.40. The summed E-state index contributed by atoms with van der Waals surface area (Å²) < 4.78 is 38.9. The van der Waals surface area contributed by atoms with Crippen LogP contribution in [0.1, 0.15) is 22.6 Å². The molecule has 29 heavy (non-hydrogen) atoms. The maximum absolute atomic E-state index is 10.6. The molecule has 0 spiro atoms. The highest BCUT2D eigenvalue weighted by atomic mass is 19.4. The van der Waals surface area contributed by atoms with Crippen LogP contribution in [-0.4, -0.2) is 45.1 Å². The second-order valence-electron chi connectivity index (χ2n) is 6.59. The smallest absolute Gasteiger partial charge is 0.475 e. The van der Waals surface area contributed by atoms with Gasteiger partial charge in [-0.25, -0.2) is 14.3 Å². The molecule has 1 fully saturated rings. The number of ether oxygens (including phenoxy) is 1. The van der Waals surface area contributed by atoms with E-state index in [1.807, 2.05) is 4.52 Å². The predicted molar refractivity (Wildman–Crippen MR) is 98.3 cm³/mol. The number of nitrogens with zero attached hydrogens (tertiary/aromatic N) is 3. The molecule has 0 aliphatic carbocycles. The molecule has 4 rings (SSSR count). The number of aromatic nitrogens is 3. The van der Waals surface area contributed by atoms with E-state index in [1.54, 1.807) is 6.33 Å². The fraction of sp³-hybridized carbons (Fsp3) is 0.316. The summed E-state index contributed by atoms with van der Waals surface area (Å²) in [5.74, 6) is -2.27. The number of aliphatic carboxylic acids is 1. The van der Waals surface area contributed by atoms with Crippen molar-refractivity contribution in [1.29, 1.82) is 0 Å². The molecule has 3 heterocycles. The Labute approximate surface area is 163 Å². The normalized spacial score (nSPS) is 14.2. The van der Waals surface area contributed by atoms with Crippen molar-refractivity contribution >= 4 is 11.5 Å². The van der Waals surface area contributed by atoms with Gasteiger partial charge in [-0.3, -0.25) is 0 Å². The molecule has 0 radical (unpaired) electrons. The largest absolute Gasteiger partial charge is 0.490 e. The van der Waals surface area contributed by atoms with Gasteiger partial charge >= 0.3 is 12.1 Å². The molecule has 0 bridgehead atoms. The van der Waals surface area contributed by atoms with Crippen LogP contribution in [-0.2, 0) is 16.1 Å². The van der Waals surface area contributed by atoms with Gasteiger partial charge in [-0.15, -0.1) is 0 Å². The minimum absolute atomic E-state index is 0.482. The van der Waals surface area contributed by atoms with Crippen molar-refractivity contribution < 1.29 is 27.8 Å². The van der Waals surface area contributed by atoms with E-state index in [-0.39, 0.29) is 0 Å². The number of carbonyl (C=O) groups is 1. The number of carboxylic acids is 1. The lowest BCUT2D eigenvalue weighted by molar-refractivity contribution is -0.192. The first-order valence-electron chi connectivity index (χ1n) is 8.71. The van der Waals surface area contributed by atoms with Gasteiger partial charge in [-0.1, -0.05) is 12.1 Å². The molecule has 1 saturated heterocycles. The third-order valence-corrected chi connectivity index (χ3v) is 4.61. The Morgan fingerprint density at radius 3 is 2.55 bits per heavy atom. The van der Waals surface area contributed by atoms with Crippen LogP contribution in [0.25, 0.3) is 16.8 Å². The molecule has 154 valence electrons. The van der Waals surface area contributed by atoms with Gasteiger partial charge in [0.05, 0.1) is 24.4 Å². The zero-order chi connectivity index (χ0) is 21.2. The van der Waals surface area contributed by atoms with E-state index in [9.17, 15) is 13.2 Å². The standard InChI is InChI=1S/C17H18N4O.C2HF3O2/c1-11-4-12(2-3-13(11)6-18)17-16-5-14(15-8-22-9-15)7-21(16)20-10-19-17;3-2(4,5)1(6)7/h2-5,7,10,15H,6,8-9,18H2,1H3;(H,6,7). The monoisotopic (exact) mass is 408 g/mol. The van der Waals surface area contributed by atoms with E-state index >= 15 is 0 Å². The van der Waals surface area contributed by atoms with Gasteiger partial charge in [0.25, 0.3) is 0 Å². The van der Waals surface area contributed by atoms with Gasteiger partial charge in [0.15, 0.2) is 0 Å². The van der Waals surface area contributed by atoms with E-state index in [0.717, 1.165) is 35.6 Å². The highest BCUT2D eigenvalue weighted by Gasteiger charge is 2.38. The molecule has 0 unspecified atom stereocenters. The van der Waals surface area contributed by atoms with Crippen molar-refractivity contribution in [1.82, 2.24) is 14.6 Å². The number of aryl methyl sites for hydroxylation is 1. The van der Waals surface area contributed by atoms with Crippen molar-refractivity contribution in [3.8, 4) is 11.3 Å². The second kappa shape index (κ2) is 8.18. The highest BCUT2D eigenvalue weighted by Crippen LogP contribution is 2.30. The van der Waals surface area contributed by atoms with Crippen LogP contribution < -0.4 is 5.73 Å². The number of benzene rings is 1. The molecule has 1 aliphatic rings. The summed E-state index contributed by atoms with van der Waals surface area (Å²) in [4.78, 5) is 13.4. The Balaban J connectivity index is 0.000000298. The molecule has 1 aromatic carbocycles. The first-order valence-corrected chi connectivity index (χ1v) is 8.71. The van der Waals surface area contributed by atoms with Gasteiger partial charge in [-0.05, 0) is 35.7 Å². The Morgan fingerprint density at radius 2 is 2.03 bits per heavy atom. The van der Waals surface area contributed by atoms with Gasteiger partial charge < -0.3 is 15.6 Å². The SMILES string of the molecule is Cc1cc(-c2ncnn3cc(C4COC4)cc23)ccc1CN.O=C(O)C(F)(F)F. The van der Waals surface area contributed by atoms with E-state index in [1.165, 1.54) is 11.1 Å². The summed E-state index contributed by atoms with van der Waals surface area (Å²) in [5.41, 5.74) is 12.4. The minimum Gasteiger partial charge on any atom is -0.475 e. The van der Waals surface area contributed by atoms with Crippen molar-refractivity contribution in [3.63, 3.8) is 0 Å². The predicted octanol–water partition coefficient (Wildman–Crippen LogP) is 2.91. The third-order valence-electron chi connectivity index (χ3n) is 4.61. The number of fused-ring (bicyclic) bond motifs is 1. The Kier molecular flexibility index (Phi) is 5.85. The quantitative estimate of drug-likeness (QED) is 0.691. The zero-order valence-electron chi connectivity index (χ0n) is 15.5. The van der Waals surface area contributed by atoms with Crippen LogP contribution in [0.2, 0.25) is 0 Å². The number of nitrogens with two attached hydrogens (primary N) is 1. The summed E-state index contributed by atoms with van der Waals surface area (Å²) in [5, 5.41) is 11.5. The van der Waals surface area contributed by atoms with Crippen LogP contribution in [0.5, 0.6) is 0 Å². The molecule has 1 aliphatic heterocycles. The molecule has 2 aromatic heterocycles. The van der Waals surface area contributed by atoms with Crippen LogP contribution in [0.15, 0.2) is 36.8 Å². The summed E-state index contributed by atoms with van der Waals surface area (Å²) in [6, 6.07) is 8.47. The zero-order valence-corrected chi connectivity index (χ0v) is 15.5. The summed E-state index contributed by atoms with van der Waals surface area (Å²) in [6.45, 7) is 4.23. The molecule has 0 amide bonds. The number of rotatable bonds is 3. The van der Waals surface area contributed by atoms with Crippen molar-refractivity contribution in [2.45, 2.75) is 25.6 Å². The van der Waals surface area contributed by atoms with E-state index < -0.39 is 12.1 Å². The molecule has 3 aromatic rings. The van der Waals surface area contributed by atoms with Crippen LogP contribution in [0, 0.1) is 6.92 Å². The molecule has 0 atom stereocenters. The van der Waals surface area contributed by atoms with Crippen molar-refractivity contribution in [2.75, 3.05) is 13.2 Å². The second-order valence-corrected chi connectivity index (χ2v) is 6.59. The van der Waals surface area contributed by atoms with E-state index in [0.29, 0.717) is 12.5 Å². The van der Waals surface area contributed by atoms with Gasteiger partial charge in [-0.2, -0.15) is 18.3 Å². The van der Waals surface area contributed by atoms with Crippen molar-refractivity contribution in [2.24, 2.45) is 5.73 Å². The number of hydrogen-bond acceptors (Lipinski definition) is 5. The summed E-state index contributed by atoms with van der Waals surface area (Å²) >= 11 is 0. The van der Waals surface area contributed by atoms with Crippen LogP contribution in [0.3, 0.4) is 0 Å². The van der Waals surface area contributed by atoms with Gasteiger partial charge in [0.1, 0.15) is 6.33 Å². The summed E-state index contributed by atoms with van der Waals surface area (Å²) in [7, 11) is 0. The van der Waals surface area contributed by atoms with Crippen LogP contribution in [0.4, 0.5) is 13.2 Å². The first kappa shape index (κ1) is 20.7. The molecule has 3 N–H and O–H groups in total. The number of hydrogen-bond donors (Lipinski definition) is 2. The lowest BCUT2D eigenvalue weighted by Crippen LogP contribution is -2.24.